The molecule has 0 spiro atoms. The van der Waals surface area contributed by atoms with Gasteiger partial charge in [0.15, 0.2) is 11.3 Å². The van der Waals surface area contributed by atoms with E-state index in [4.69, 9.17) is 0 Å². The second-order valence-corrected chi connectivity index (χ2v) is 3.53. The van der Waals surface area contributed by atoms with Gasteiger partial charge in [-0.25, -0.2) is 0 Å². The first-order valence-electron chi connectivity index (χ1n) is 4.14. The molecule has 0 bridgehead atoms. The van der Waals surface area contributed by atoms with Crippen molar-refractivity contribution in [1.82, 2.24) is 0 Å². The number of hydrogen-bond donors (Lipinski definition) is 0. The quantitative estimate of drug-likeness (QED) is 0.612. The van der Waals surface area contributed by atoms with E-state index in [2.05, 4.69) is 5.18 Å². The van der Waals surface area contributed by atoms with E-state index in [1.807, 2.05) is 12.1 Å². The number of rotatable bonds is 1. The van der Waals surface area contributed by atoms with E-state index in [0.29, 0.717) is 12.0 Å². The highest BCUT2D eigenvalue weighted by Crippen LogP contribution is 2.32. The van der Waals surface area contributed by atoms with Crippen LogP contribution in [0.25, 0.3) is 0 Å². The Labute approximate surface area is 75.7 Å². The van der Waals surface area contributed by atoms with Crippen molar-refractivity contribution in [3.05, 3.63) is 40.3 Å². The predicted octanol–water partition coefficient (Wildman–Crippen LogP) is 1.95. The molecule has 0 heterocycles. The van der Waals surface area contributed by atoms with E-state index in [1.165, 1.54) is 0 Å². The third-order valence-electron chi connectivity index (χ3n) is 2.49. The topological polar surface area (TPSA) is 46.5 Å². The summed E-state index contributed by atoms with van der Waals surface area (Å²) in [4.78, 5) is 22.2. The molecule has 3 nitrogen and oxygen atoms in total. The van der Waals surface area contributed by atoms with Crippen molar-refractivity contribution in [2.75, 3.05) is 0 Å². The molecule has 13 heavy (non-hydrogen) atoms. The molecule has 1 aliphatic rings. The number of carbonyl (C=O) groups is 1. The molecule has 2 rings (SSSR count). The number of Topliss-reactive ketones (excluding diaryl/α,β-unsaturated/α-hetero) is 1. The van der Waals surface area contributed by atoms with Gasteiger partial charge in [-0.05, 0) is 12.5 Å². The van der Waals surface area contributed by atoms with Gasteiger partial charge in [0.25, 0.3) is 0 Å². The predicted molar refractivity (Wildman–Crippen MR) is 48.7 cm³/mol. The van der Waals surface area contributed by atoms with Crippen molar-refractivity contribution >= 4 is 5.78 Å². The maximum Gasteiger partial charge on any atom is 0.194 e. The van der Waals surface area contributed by atoms with Crippen LogP contribution in [0.5, 0.6) is 0 Å². The lowest BCUT2D eigenvalue weighted by Crippen LogP contribution is -2.28. The lowest BCUT2D eigenvalue weighted by atomic mass is 9.99. The molecule has 1 unspecified atom stereocenters. The summed E-state index contributed by atoms with van der Waals surface area (Å²) in [5, 5.41) is 2.92. The number of nitroso groups, excluding NO2 is 1. The first-order chi connectivity index (χ1) is 6.17. The first kappa shape index (κ1) is 8.10. The minimum absolute atomic E-state index is 0.155. The van der Waals surface area contributed by atoms with Gasteiger partial charge in [0.2, 0.25) is 0 Å². The van der Waals surface area contributed by atoms with Crippen LogP contribution in [0.2, 0.25) is 0 Å². The summed E-state index contributed by atoms with van der Waals surface area (Å²) >= 11 is 0. The van der Waals surface area contributed by atoms with Crippen molar-refractivity contribution in [1.29, 1.82) is 0 Å². The van der Waals surface area contributed by atoms with Crippen LogP contribution in [0.3, 0.4) is 0 Å². The van der Waals surface area contributed by atoms with Crippen molar-refractivity contribution in [3.63, 3.8) is 0 Å². The average molecular weight is 175 g/mol. The molecule has 0 fully saturated rings. The normalized spacial score (nSPS) is 25.8. The Morgan fingerprint density at radius 2 is 2.08 bits per heavy atom. The van der Waals surface area contributed by atoms with Crippen LogP contribution in [-0.2, 0) is 6.42 Å². The van der Waals surface area contributed by atoms with Crippen LogP contribution in [-0.4, -0.2) is 11.3 Å². The van der Waals surface area contributed by atoms with E-state index >= 15 is 0 Å². The van der Waals surface area contributed by atoms with Crippen LogP contribution < -0.4 is 0 Å². The van der Waals surface area contributed by atoms with Gasteiger partial charge in [-0.1, -0.05) is 29.4 Å². The fraction of sp³-hybridized carbons (Fsp3) is 0.300. The van der Waals surface area contributed by atoms with Gasteiger partial charge >= 0.3 is 0 Å². The lowest BCUT2D eigenvalue weighted by molar-refractivity contribution is 0.0921. The molecule has 1 aromatic rings. The second kappa shape index (κ2) is 2.49. The van der Waals surface area contributed by atoms with Gasteiger partial charge in [-0.3, -0.25) is 4.79 Å². The molecule has 0 N–H and O–H groups in total. The number of carbonyl (C=O) groups excluding carboxylic acids is 1. The number of benzene rings is 1. The molecular formula is C10H9NO2. The number of ketones is 1. The zero-order chi connectivity index (χ0) is 9.47. The fourth-order valence-corrected chi connectivity index (χ4v) is 1.71. The summed E-state index contributed by atoms with van der Waals surface area (Å²) in [6, 6.07) is 7.27. The third kappa shape index (κ3) is 1.00. The molecule has 1 aromatic carbocycles. The maximum atomic E-state index is 11.7. The molecule has 3 heteroatoms. The molecule has 0 aromatic heterocycles. The highest BCUT2D eigenvalue weighted by molar-refractivity contribution is 6.07. The number of nitrogens with zero attached hydrogens (tertiary/aromatic N) is 1. The highest BCUT2D eigenvalue weighted by atomic mass is 16.3. The van der Waals surface area contributed by atoms with Crippen molar-refractivity contribution < 1.29 is 4.79 Å². The van der Waals surface area contributed by atoms with Gasteiger partial charge < -0.3 is 0 Å². The average Bonchev–Trinajstić information content (AvgIpc) is 2.41. The molecular weight excluding hydrogens is 166 g/mol. The number of fused-ring (bicyclic) bond motifs is 1. The van der Waals surface area contributed by atoms with Gasteiger partial charge in [-0.15, -0.1) is 4.91 Å². The SMILES string of the molecule is CC1(N=O)Cc2ccccc2C1=O. The van der Waals surface area contributed by atoms with Crippen molar-refractivity contribution in [2.45, 2.75) is 18.9 Å². The Morgan fingerprint density at radius 3 is 2.69 bits per heavy atom. The smallest absolute Gasteiger partial charge is 0.194 e. The van der Waals surface area contributed by atoms with E-state index in [1.54, 1.807) is 19.1 Å². The molecule has 1 aliphatic carbocycles. The minimum Gasteiger partial charge on any atom is -0.291 e. The van der Waals surface area contributed by atoms with Gasteiger partial charge in [0, 0.05) is 12.0 Å². The lowest BCUT2D eigenvalue weighted by Gasteiger charge is -2.09. The second-order valence-electron chi connectivity index (χ2n) is 3.53. The Hall–Kier alpha value is -1.51. The molecule has 0 aliphatic heterocycles. The zero-order valence-electron chi connectivity index (χ0n) is 7.28. The molecule has 0 saturated carbocycles. The summed E-state index contributed by atoms with van der Waals surface area (Å²) in [6.07, 6.45) is 0.436. The summed E-state index contributed by atoms with van der Waals surface area (Å²) in [6.45, 7) is 1.59. The van der Waals surface area contributed by atoms with Gasteiger partial charge in [-0.2, -0.15) is 0 Å². The number of hydrogen-bond acceptors (Lipinski definition) is 3. The van der Waals surface area contributed by atoms with Crippen LogP contribution in [0.4, 0.5) is 0 Å². The summed E-state index contributed by atoms with van der Waals surface area (Å²) in [7, 11) is 0. The van der Waals surface area contributed by atoms with Crippen LogP contribution >= 0.6 is 0 Å². The molecule has 0 saturated heterocycles. The largest absolute Gasteiger partial charge is 0.291 e. The van der Waals surface area contributed by atoms with Crippen LogP contribution in [0.15, 0.2) is 29.4 Å². The molecule has 0 amide bonds. The van der Waals surface area contributed by atoms with Crippen molar-refractivity contribution in [3.8, 4) is 0 Å². The Bertz CT molecular complexity index is 386. The Balaban J connectivity index is 2.55. The summed E-state index contributed by atoms with van der Waals surface area (Å²) < 4.78 is 0. The maximum absolute atomic E-state index is 11.7. The van der Waals surface area contributed by atoms with E-state index in [0.717, 1.165) is 5.56 Å². The van der Waals surface area contributed by atoms with Gasteiger partial charge in [0.05, 0.1) is 0 Å². The van der Waals surface area contributed by atoms with Crippen LogP contribution in [0.1, 0.15) is 22.8 Å². The standard InChI is InChI=1S/C10H9NO2/c1-10(11-13)6-7-4-2-3-5-8(7)9(10)12/h2-5H,6H2,1H3. The van der Waals surface area contributed by atoms with Crippen molar-refractivity contribution in [2.24, 2.45) is 5.18 Å². The van der Waals surface area contributed by atoms with E-state index in [-0.39, 0.29) is 5.78 Å². The monoisotopic (exact) mass is 175 g/mol. The molecule has 66 valence electrons. The summed E-state index contributed by atoms with van der Waals surface area (Å²) in [5.41, 5.74) is 0.503. The van der Waals surface area contributed by atoms with E-state index < -0.39 is 5.54 Å². The Morgan fingerprint density at radius 1 is 1.38 bits per heavy atom. The van der Waals surface area contributed by atoms with Gasteiger partial charge in [0.1, 0.15) is 0 Å². The summed E-state index contributed by atoms with van der Waals surface area (Å²) in [5.74, 6) is -0.155. The molecule has 0 radical (unpaired) electrons. The molecule has 1 atom stereocenters. The van der Waals surface area contributed by atoms with Crippen LogP contribution in [0, 0.1) is 4.91 Å². The fourth-order valence-electron chi connectivity index (χ4n) is 1.71. The Kier molecular flexibility index (Phi) is 1.55. The van der Waals surface area contributed by atoms with E-state index in [9.17, 15) is 9.70 Å². The minimum atomic E-state index is -1.07. The zero-order valence-corrected chi connectivity index (χ0v) is 7.28. The highest BCUT2D eigenvalue weighted by Gasteiger charge is 2.42. The third-order valence-corrected chi connectivity index (χ3v) is 2.49. The first-order valence-corrected chi connectivity index (χ1v) is 4.14.